The normalized spacial score (nSPS) is 17.8. The minimum atomic E-state index is 0.455. The molecule has 1 aliphatic rings. The topological polar surface area (TPSA) is 38.2 Å². The Labute approximate surface area is 101 Å². The largest absolute Gasteiger partial charge is 0.384 e. The SMILES string of the molecule is COCC1CCN(c2cncc(Cl)n2)CC1. The Morgan fingerprint density at radius 3 is 2.81 bits per heavy atom. The molecule has 1 aromatic rings. The molecule has 1 aromatic heterocycles. The van der Waals surface area contributed by atoms with Gasteiger partial charge in [0.1, 0.15) is 11.0 Å². The van der Waals surface area contributed by atoms with Crippen LogP contribution in [0.25, 0.3) is 0 Å². The maximum atomic E-state index is 5.82. The first-order chi connectivity index (χ1) is 7.79. The van der Waals surface area contributed by atoms with Gasteiger partial charge < -0.3 is 9.64 Å². The number of nitrogens with zero attached hydrogens (tertiary/aromatic N) is 3. The summed E-state index contributed by atoms with van der Waals surface area (Å²) >= 11 is 5.82. The highest BCUT2D eigenvalue weighted by molar-refractivity contribution is 6.29. The van der Waals surface area contributed by atoms with E-state index in [2.05, 4.69) is 14.9 Å². The number of anilines is 1. The van der Waals surface area contributed by atoms with Gasteiger partial charge in [-0.05, 0) is 18.8 Å². The van der Waals surface area contributed by atoms with Crippen molar-refractivity contribution in [2.75, 3.05) is 31.7 Å². The second-order valence-corrected chi connectivity index (χ2v) is 4.47. The molecule has 88 valence electrons. The molecule has 0 saturated carbocycles. The minimum Gasteiger partial charge on any atom is -0.384 e. The van der Waals surface area contributed by atoms with Crippen molar-refractivity contribution in [1.29, 1.82) is 0 Å². The maximum absolute atomic E-state index is 5.82. The van der Waals surface area contributed by atoms with Gasteiger partial charge in [-0.3, -0.25) is 4.98 Å². The van der Waals surface area contributed by atoms with E-state index in [1.165, 1.54) is 0 Å². The summed E-state index contributed by atoms with van der Waals surface area (Å²) in [6.45, 7) is 2.86. The summed E-state index contributed by atoms with van der Waals surface area (Å²) in [5.41, 5.74) is 0. The molecule has 2 heterocycles. The highest BCUT2D eigenvalue weighted by Crippen LogP contribution is 2.22. The van der Waals surface area contributed by atoms with Crippen molar-refractivity contribution >= 4 is 17.4 Å². The first-order valence-electron chi connectivity index (χ1n) is 5.51. The van der Waals surface area contributed by atoms with Crippen molar-refractivity contribution in [2.45, 2.75) is 12.8 Å². The molecule has 4 nitrogen and oxygen atoms in total. The monoisotopic (exact) mass is 241 g/mol. The molecular weight excluding hydrogens is 226 g/mol. The lowest BCUT2D eigenvalue weighted by molar-refractivity contribution is 0.139. The number of aromatic nitrogens is 2. The van der Waals surface area contributed by atoms with Crippen LogP contribution in [0.1, 0.15) is 12.8 Å². The fourth-order valence-corrected chi connectivity index (χ4v) is 2.19. The van der Waals surface area contributed by atoms with E-state index >= 15 is 0 Å². The fraction of sp³-hybridized carbons (Fsp3) is 0.636. The van der Waals surface area contributed by atoms with E-state index in [9.17, 15) is 0 Å². The molecule has 2 rings (SSSR count). The molecule has 16 heavy (non-hydrogen) atoms. The van der Waals surface area contributed by atoms with Crippen LogP contribution in [-0.2, 0) is 4.74 Å². The van der Waals surface area contributed by atoms with Crippen molar-refractivity contribution in [3.63, 3.8) is 0 Å². The predicted molar refractivity (Wildman–Crippen MR) is 63.9 cm³/mol. The zero-order valence-corrected chi connectivity index (χ0v) is 10.2. The number of hydrogen-bond donors (Lipinski definition) is 0. The summed E-state index contributed by atoms with van der Waals surface area (Å²) in [7, 11) is 1.76. The zero-order valence-electron chi connectivity index (χ0n) is 9.40. The Morgan fingerprint density at radius 1 is 1.44 bits per heavy atom. The van der Waals surface area contributed by atoms with Crippen molar-refractivity contribution < 1.29 is 4.74 Å². The first kappa shape index (κ1) is 11.6. The lowest BCUT2D eigenvalue weighted by atomic mass is 9.98. The van der Waals surface area contributed by atoms with E-state index in [-0.39, 0.29) is 0 Å². The molecule has 0 aliphatic carbocycles. The van der Waals surface area contributed by atoms with E-state index in [4.69, 9.17) is 16.3 Å². The molecule has 1 saturated heterocycles. The van der Waals surface area contributed by atoms with Gasteiger partial charge in [0.25, 0.3) is 0 Å². The van der Waals surface area contributed by atoms with Crippen LogP contribution < -0.4 is 4.90 Å². The third kappa shape index (κ3) is 2.83. The Balaban J connectivity index is 1.94. The van der Waals surface area contributed by atoms with Crippen LogP contribution in [0, 0.1) is 5.92 Å². The lowest BCUT2D eigenvalue weighted by Gasteiger charge is -2.32. The summed E-state index contributed by atoms with van der Waals surface area (Å²) in [6.07, 6.45) is 5.61. The highest BCUT2D eigenvalue weighted by Gasteiger charge is 2.20. The summed E-state index contributed by atoms with van der Waals surface area (Å²) in [5.74, 6) is 1.55. The van der Waals surface area contributed by atoms with Crippen LogP contribution in [0.4, 0.5) is 5.82 Å². The van der Waals surface area contributed by atoms with Crippen molar-refractivity contribution in [3.05, 3.63) is 17.5 Å². The first-order valence-corrected chi connectivity index (χ1v) is 5.89. The average molecular weight is 242 g/mol. The molecule has 0 aromatic carbocycles. The molecule has 0 bridgehead atoms. The number of methoxy groups -OCH3 is 1. The number of piperidine rings is 1. The van der Waals surface area contributed by atoms with E-state index in [1.54, 1.807) is 19.5 Å². The minimum absolute atomic E-state index is 0.455. The Morgan fingerprint density at radius 2 is 2.19 bits per heavy atom. The van der Waals surface area contributed by atoms with Gasteiger partial charge in [0.05, 0.1) is 12.4 Å². The number of ether oxygens (including phenoxy) is 1. The van der Waals surface area contributed by atoms with Gasteiger partial charge in [-0.15, -0.1) is 0 Å². The van der Waals surface area contributed by atoms with Gasteiger partial charge in [-0.25, -0.2) is 4.98 Å². The number of rotatable bonds is 3. The molecule has 0 radical (unpaired) electrons. The van der Waals surface area contributed by atoms with Crippen molar-refractivity contribution in [1.82, 2.24) is 9.97 Å². The van der Waals surface area contributed by atoms with Crippen molar-refractivity contribution in [2.24, 2.45) is 5.92 Å². The summed E-state index contributed by atoms with van der Waals surface area (Å²) in [6, 6.07) is 0. The number of halogens is 1. The summed E-state index contributed by atoms with van der Waals surface area (Å²) in [4.78, 5) is 10.5. The number of hydrogen-bond acceptors (Lipinski definition) is 4. The smallest absolute Gasteiger partial charge is 0.149 e. The van der Waals surface area contributed by atoms with Gasteiger partial charge in [0.2, 0.25) is 0 Å². The molecule has 5 heteroatoms. The van der Waals surface area contributed by atoms with Gasteiger partial charge in [0, 0.05) is 26.8 Å². The molecule has 0 spiro atoms. The van der Waals surface area contributed by atoms with Gasteiger partial charge >= 0.3 is 0 Å². The van der Waals surface area contributed by atoms with Crippen LogP contribution in [0.3, 0.4) is 0 Å². The van der Waals surface area contributed by atoms with E-state index in [0.29, 0.717) is 11.1 Å². The van der Waals surface area contributed by atoms with E-state index in [1.807, 2.05) is 0 Å². The Kier molecular flexibility index (Phi) is 3.96. The quantitative estimate of drug-likeness (QED) is 0.811. The predicted octanol–water partition coefficient (Wildman–Crippen LogP) is 1.99. The Hall–Kier alpha value is -0.870. The summed E-state index contributed by atoms with van der Waals surface area (Å²) < 4.78 is 5.17. The molecule has 0 amide bonds. The summed E-state index contributed by atoms with van der Waals surface area (Å²) in [5, 5.41) is 0.455. The van der Waals surface area contributed by atoms with Crippen LogP contribution in [0.15, 0.2) is 12.4 Å². The molecule has 1 aliphatic heterocycles. The van der Waals surface area contributed by atoms with E-state index < -0.39 is 0 Å². The molecule has 0 unspecified atom stereocenters. The molecule has 0 N–H and O–H groups in total. The highest BCUT2D eigenvalue weighted by atomic mass is 35.5. The van der Waals surface area contributed by atoms with Crippen LogP contribution >= 0.6 is 11.6 Å². The molecule has 0 atom stereocenters. The third-order valence-corrected chi connectivity index (χ3v) is 3.12. The van der Waals surface area contributed by atoms with Gasteiger partial charge in [0.15, 0.2) is 0 Å². The molecule has 1 fully saturated rings. The van der Waals surface area contributed by atoms with Crippen molar-refractivity contribution in [3.8, 4) is 0 Å². The Bertz CT molecular complexity index is 340. The fourth-order valence-electron chi connectivity index (χ4n) is 2.05. The van der Waals surface area contributed by atoms with Crippen LogP contribution in [-0.4, -0.2) is 36.8 Å². The van der Waals surface area contributed by atoms with E-state index in [0.717, 1.165) is 38.4 Å². The van der Waals surface area contributed by atoms with Crippen LogP contribution in [0.2, 0.25) is 5.15 Å². The second-order valence-electron chi connectivity index (χ2n) is 4.09. The van der Waals surface area contributed by atoms with Gasteiger partial charge in [-0.1, -0.05) is 11.6 Å². The standard InChI is InChI=1S/C11H16ClN3O/c1-16-8-9-2-4-15(5-3-9)11-7-13-6-10(12)14-11/h6-7,9H,2-5,8H2,1H3. The zero-order chi connectivity index (χ0) is 11.4. The van der Waals surface area contributed by atoms with Crippen LogP contribution in [0.5, 0.6) is 0 Å². The van der Waals surface area contributed by atoms with Gasteiger partial charge in [-0.2, -0.15) is 0 Å². The lowest BCUT2D eigenvalue weighted by Crippen LogP contribution is -2.35. The average Bonchev–Trinajstić information content (AvgIpc) is 2.30. The maximum Gasteiger partial charge on any atom is 0.149 e. The second kappa shape index (κ2) is 5.46. The molecular formula is C11H16ClN3O. The third-order valence-electron chi connectivity index (χ3n) is 2.93.